The molecule has 1 aliphatic rings. The lowest BCUT2D eigenvalue weighted by molar-refractivity contribution is 0.287. The van der Waals surface area contributed by atoms with Crippen molar-refractivity contribution < 1.29 is 9.15 Å². The van der Waals surface area contributed by atoms with E-state index in [0.717, 1.165) is 17.8 Å². The maximum atomic E-state index is 6.20. The van der Waals surface area contributed by atoms with Gasteiger partial charge in [0, 0.05) is 26.1 Å². The third kappa shape index (κ3) is 2.60. The molecule has 0 spiro atoms. The van der Waals surface area contributed by atoms with Crippen molar-refractivity contribution in [2.24, 2.45) is 0 Å². The summed E-state index contributed by atoms with van der Waals surface area (Å²) in [7, 11) is 0. The van der Waals surface area contributed by atoms with E-state index < -0.39 is 0 Å². The number of oxazole rings is 1. The molecule has 0 atom stereocenters. The summed E-state index contributed by atoms with van der Waals surface area (Å²) in [5.74, 6) is 1.99. The molecule has 0 radical (unpaired) electrons. The summed E-state index contributed by atoms with van der Waals surface area (Å²) in [6.07, 6.45) is 2.39. The Bertz CT molecular complexity index is 1210. The quantitative estimate of drug-likeness (QED) is 0.519. The second kappa shape index (κ2) is 6.20. The number of anilines is 2. The molecule has 2 bridgehead atoms. The van der Waals surface area contributed by atoms with Crippen molar-refractivity contribution in [2.45, 2.75) is 33.7 Å². The molecule has 0 saturated carbocycles. The van der Waals surface area contributed by atoms with Crippen LogP contribution in [-0.2, 0) is 6.54 Å². The topological polar surface area (TPSA) is 109 Å². The molecule has 5 rings (SSSR count). The molecule has 0 amide bonds. The lowest BCUT2D eigenvalue weighted by Crippen LogP contribution is -2.07. The van der Waals surface area contributed by atoms with E-state index in [0.29, 0.717) is 58.6 Å². The highest BCUT2D eigenvalue weighted by Crippen LogP contribution is 2.33. The normalized spacial score (nSPS) is 13.9. The summed E-state index contributed by atoms with van der Waals surface area (Å²) in [6, 6.07) is 0. The van der Waals surface area contributed by atoms with Crippen LogP contribution in [0.3, 0.4) is 0 Å². The smallest absolute Gasteiger partial charge is 0.257 e. The Kier molecular flexibility index (Phi) is 3.76. The predicted molar refractivity (Wildman–Crippen MR) is 102 cm³/mol. The van der Waals surface area contributed by atoms with Crippen molar-refractivity contribution in [3.05, 3.63) is 28.6 Å². The van der Waals surface area contributed by atoms with Gasteiger partial charge in [0.1, 0.15) is 11.4 Å². The number of aromatic nitrogens is 7. The Labute approximate surface area is 164 Å². The summed E-state index contributed by atoms with van der Waals surface area (Å²) in [5, 5.41) is 13.2. The second-order valence-electron chi connectivity index (χ2n) is 6.57. The zero-order chi connectivity index (χ0) is 19.4. The number of rotatable bonds is 1. The molecule has 0 fully saturated rings. The van der Waals surface area contributed by atoms with E-state index in [4.69, 9.17) is 20.8 Å². The molecule has 4 aromatic heterocycles. The number of nitrogens with zero attached hydrogens (tertiary/aromatic N) is 7. The molecule has 1 N–H and O–H groups in total. The molecular formula is C17H17ClN8O2. The van der Waals surface area contributed by atoms with Gasteiger partial charge in [-0.15, -0.1) is 5.10 Å². The van der Waals surface area contributed by atoms with Crippen molar-refractivity contribution in [3.63, 3.8) is 0 Å². The molecule has 144 valence electrons. The predicted octanol–water partition coefficient (Wildman–Crippen LogP) is 3.10. The van der Waals surface area contributed by atoms with Crippen molar-refractivity contribution in [3.8, 4) is 11.8 Å². The number of hydrogen-bond acceptors (Lipinski definition) is 8. The third-order valence-electron chi connectivity index (χ3n) is 4.59. The fourth-order valence-electron chi connectivity index (χ4n) is 3.27. The first-order valence-electron chi connectivity index (χ1n) is 8.84. The zero-order valence-electron chi connectivity index (χ0n) is 15.5. The van der Waals surface area contributed by atoms with Crippen LogP contribution in [0.1, 0.15) is 23.7 Å². The van der Waals surface area contributed by atoms with Crippen molar-refractivity contribution in [2.75, 3.05) is 11.9 Å². The van der Waals surface area contributed by atoms with Gasteiger partial charge in [0.05, 0.1) is 17.7 Å². The number of ether oxygens (including phenoxy) is 1. The van der Waals surface area contributed by atoms with Crippen LogP contribution in [-0.4, -0.2) is 41.1 Å². The first kappa shape index (κ1) is 17.0. The number of halogens is 1. The molecular weight excluding hydrogens is 384 g/mol. The van der Waals surface area contributed by atoms with Crippen molar-refractivity contribution >= 4 is 34.3 Å². The monoisotopic (exact) mass is 400 g/mol. The van der Waals surface area contributed by atoms with Crippen LogP contribution in [0.2, 0.25) is 5.15 Å². The van der Waals surface area contributed by atoms with Gasteiger partial charge in [-0.25, -0.2) is 14.6 Å². The van der Waals surface area contributed by atoms with Gasteiger partial charge in [-0.1, -0.05) is 11.6 Å². The highest BCUT2D eigenvalue weighted by molar-refractivity contribution is 6.34. The van der Waals surface area contributed by atoms with Crippen LogP contribution < -0.4 is 10.1 Å². The average Bonchev–Trinajstić information content (AvgIpc) is 3.26. The average molecular weight is 401 g/mol. The molecule has 0 saturated heterocycles. The van der Waals surface area contributed by atoms with E-state index in [1.54, 1.807) is 22.5 Å². The number of hydrogen-bond donors (Lipinski definition) is 1. The first-order valence-corrected chi connectivity index (χ1v) is 9.22. The van der Waals surface area contributed by atoms with E-state index in [2.05, 4.69) is 30.5 Å². The largest absolute Gasteiger partial charge is 0.475 e. The summed E-state index contributed by atoms with van der Waals surface area (Å²) in [6.45, 7) is 6.67. The van der Waals surface area contributed by atoms with Crippen LogP contribution in [0, 0.1) is 20.8 Å². The lowest BCUT2D eigenvalue weighted by Gasteiger charge is -2.06. The van der Waals surface area contributed by atoms with Gasteiger partial charge in [0.15, 0.2) is 16.7 Å². The molecule has 1 aliphatic heterocycles. The van der Waals surface area contributed by atoms with Crippen LogP contribution in [0.4, 0.5) is 11.6 Å². The number of fused-ring (bicyclic) bond motifs is 2. The Hall–Kier alpha value is -3.14. The third-order valence-corrected chi connectivity index (χ3v) is 4.87. The Morgan fingerprint density at radius 3 is 2.82 bits per heavy atom. The van der Waals surface area contributed by atoms with E-state index in [1.165, 1.54) is 0 Å². The highest BCUT2D eigenvalue weighted by atomic mass is 35.5. The lowest BCUT2D eigenvalue weighted by atomic mass is 10.3. The maximum Gasteiger partial charge on any atom is 0.257 e. The van der Waals surface area contributed by atoms with Crippen LogP contribution in [0.5, 0.6) is 5.88 Å². The molecule has 11 heteroatoms. The fourth-order valence-corrected chi connectivity index (χ4v) is 3.49. The van der Waals surface area contributed by atoms with E-state index >= 15 is 0 Å². The summed E-state index contributed by atoms with van der Waals surface area (Å²) in [5.41, 5.74) is 2.90. The second-order valence-corrected chi connectivity index (χ2v) is 6.93. The number of nitrogens with one attached hydrogen (secondary N) is 1. The zero-order valence-corrected chi connectivity index (χ0v) is 16.3. The summed E-state index contributed by atoms with van der Waals surface area (Å²) >= 11 is 6.20. The number of aryl methyl sites for hydroxylation is 3. The fraction of sp³-hybridized carbons (Fsp3) is 0.353. The first-order chi connectivity index (χ1) is 13.5. The minimum Gasteiger partial charge on any atom is -0.475 e. The minimum atomic E-state index is 0.389. The Morgan fingerprint density at radius 1 is 1.18 bits per heavy atom. The molecule has 5 heterocycles. The van der Waals surface area contributed by atoms with Crippen molar-refractivity contribution in [1.82, 2.24) is 34.5 Å². The van der Waals surface area contributed by atoms with Gasteiger partial charge >= 0.3 is 0 Å². The molecule has 0 aliphatic carbocycles. The van der Waals surface area contributed by atoms with Gasteiger partial charge in [-0.2, -0.15) is 14.8 Å². The molecule has 28 heavy (non-hydrogen) atoms. The standard InChI is InChI=1S/C17H17ClN8O2/c1-8-16(28-10(3)20-8)26-9(2)12-15(24-26)27-6-4-5-25-14-11(13(18)23-25)7-19-17(21-12)22-14/h7H,4-6H2,1-3H3,(H,19,21,22). The van der Waals surface area contributed by atoms with Gasteiger partial charge in [-0.3, -0.25) is 0 Å². The molecule has 4 aromatic rings. The Balaban J connectivity index is 1.65. The molecule has 10 nitrogen and oxygen atoms in total. The minimum absolute atomic E-state index is 0.389. The van der Waals surface area contributed by atoms with Crippen LogP contribution >= 0.6 is 11.6 Å². The van der Waals surface area contributed by atoms with E-state index in [9.17, 15) is 0 Å². The van der Waals surface area contributed by atoms with Crippen LogP contribution in [0.15, 0.2) is 10.6 Å². The molecule has 0 unspecified atom stereocenters. The van der Waals surface area contributed by atoms with Gasteiger partial charge < -0.3 is 14.5 Å². The SMILES string of the molecule is Cc1nc(C)c(-n2nc3c(c2C)Nc2ncc4c(Cl)nn(c4n2)CCCO3)o1. The molecule has 0 aromatic carbocycles. The van der Waals surface area contributed by atoms with E-state index in [-0.39, 0.29) is 0 Å². The van der Waals surface area contributed by atoms with Gasteiger partial charge in [0.25, 0.3) is 5.88 Å². The van der Waals surface area contributed by atoms with Gasteiger partial charge in [-0.05, 0) is 13.8 Å². The van der Waals surface area contributed by atoms with E-state index in [1.807, 2.05) is 13.8 Å². The van der Waals surface area contributed by atoms with Gasteiger partial charge in [0.2, 0.25) is 11.8 Å². The summed E-state index contributed by atoms with van der Waals surface area (Å²) < 4.78 is 15.1. The highest BCUT2D eigenvalue weighted by Gasteiger charge is 2.23. The summed E-state index contributed by atoms with van der Waals surface area (Å²) in [4.78, 5) is 13.3. The van der Waals surface area contributed by atoms with Crippen molar-refractivity contribution in [1.29, 1.82) is 0 Å². The maximum absolute atomic E-state index is 6.20. The Morgan fingerprint density at radius 2 is 2.04 bits per heavy atom. The van der Waals surface area contributed by atoms with Crippen LogP contribution in [0.25, 0.3) is 16.9 Å².